The number of methoxy groups -OCH3 is 1. The van der Waals surface area contributed by atoms with Crippen LogP contribution in [0, 0.1) is 18.6 Å². The van der Waals surface area contributed by atoms with E-state index in [9.17, 15) is 8.78 Å². The van der Waals surface area contributed by atoms with Crippen molar-refractivity contribution in [1.29, 1.82) is 0 Å². The zero-order chi connectivity index (χ0) is 15.6. The van der Waals surface area contributed by atoms with Gasteiger partial charge in [-0.05, 0) is 53.5 Å². The highest BCUT2D eigenvalue weighted by atomic mass is 79.9. The van der Waals surface area contributed by atoms with E-state index in [1.54, 1.807) is 18.2 Å². The summed E-state index contributed by atoms with van der Waals surface area (Å²) in [4.78, 5) is 0. The second kappa shape index (κ2) is 6.43. The minimum atomic E-state index is -0.357. The summed E-state index contributed by atoms with van der Waals surface area (Å²) < 4.78 is 33.0. The molecular formula is C16H16BrF2NO. The van der Waals surface area contributed by atoms with Crippen LogP contribution in [0.25, 0.3) is 0 Å². The fourth-order valence-corrected chi connectivity index (χ4v) is 2.56. The fourth-order valence-electron chi connectivity index (χ4n) is 2.10. The Morgan fingerprint density at radius 1 is 1.14 bits per heavy atom. The van der Waals surface area contributed by atoms with Crippen molar-refractivity contribution in [2.24, 2.45) is 0 Å². The smallest absolute Gasteiger partial charge is 0.139 e. The molecule has 1 unspecified atom stereocenters. The van der Waals surface area contributed by atoms with E-state index in [0.717, 1.165) is 5.56 Å². The molecule has 1 N–H and O–H groups in total. The molecule has 0 amide bonds. The van der Waals surface area contributed by atoms with Crippen molar-refractivity contribution in [3.05, 3.63) is 57.6 Å². The third-order valence-corrected chi connectivity index (χ3v) is 3.92. The van der Waals surface area contributed by atoms with Crippen molar-refractivity contribution in [3.8, 4) is 5.75 Å². The number of ether oxygens (including phenoxy) is 1. The predicted molar refractivity (Wildman–Crippen MR) is 83.8 cm³/mol. The highest BCUT2D eigenvalue weighted by molar-refractivity contribution is 9.10. The lowest BCUT2D eigenvalue weighted by atomic mass is 10.1. The maximum atomic E-state index is 14.0. The summed E-state index contributed by atoms with van der Waals surface area (Å²) >= 11 is 3.14. The van der Waals surface area contributed by atoms with E-state index in [0.29, 0.717) is 21.5 Å². The summed E-state index contributed by atoms with van der Waals surface area (Å²) in [5.74, 6) is -0.246. The van der Waals surface area contributed by atoms with Crippen molar-refractivity contribution < 1.29 is 13.5 Å². The lowest BCUT2D eigenvalue weighted by molar-refractivity contribution is 0.410. The largest absolute Gasteiger partial charge is 0.497 e. The minimum absolute atomic E-state index is 0.296. The van der Waals surface area contributed by atoms with Crippen LogP contribution in [0.2, 0.25) is 0 Å². The van der Waals surface area contributed by atoms with Gasteiger partial charge in [0.15, 0.2) is 0 Å². The number of hydrogen-bond acceptors (Lipinski definition) is 2. The first-order chi connectivity index (χ1) is 9.92. The highest BCUT2D eigenvalue weighted by Gasteiger charge is 2.14. The molecule has 2 rings (SSSR count). The number of anilines is 1. The molecule has 0 spiro atoms. The van der Waals surface area contributed by atoms with E-state index in [1.807, 2.05) is 13.8 Å². The maximum absolute atomic E-state index is 14.0. The van der Waals surface area contributed by atoms with Crippen LogP contribution in [0.15, 0.2) is 34.8 Å². The lowest BCUT2D eigenvalue weighted by Gasteiger charge is -2.19. The van der Waals surface area contributed by atoms with Gasteiger partial charge in [-0.2, -0.15) is 0 Å². The second-order valence-electron chi connectivity index (χ2n) is 4.83. The summed E-state index contributed by atoms with van der Waals surface area (Å²) in [6, 6.07) is 7.49. The molecule has 0 saturated carbocycles. The van der Waals surface area contributed by atoms with E-state index >= 15 is 0 Å². The van der Waals surface area contributed by atoms with Crippen LogP contribution in [0.5, 0.6) is 5.75 Å². The van der Waals surface area contributed by atoms with E-state index in [1.165, 1.54) is 19.2 Å². The first-order valence-electron chi connectivity index (χ1n) is 6.48. The van der Waals surface area contributed by atoms with Gasteiger partial charge in [-0.25, -0.2) is 8.78 Å². The third-order valence-electron chi connectivity index (χ3n) is 3.31. The van der Waals surface area contributed by atoms with E-state index < -0.39 is 0 Å². The van der Waals surface area contributed by atoms with Gasteiger partial charge in [0.1, 0.15) is 17.4 Å². The zero-order valence-electron chi connectivity index (χ0n) is 12.0. The van der Waals surface area contributed by atoms with E-state index in [4.69, 9.17) is 4.74 Å². The third kappa shape index (κ3) is 3.53. The summed E-state index contributed by atoms with van der Waals surface area (Å²) in [5.41, 5.74) is 2.01. The van der Waals surface area contributed by atoms with Crippen LogP contribution in [0.3, 0.4) is 0 Å². The molecule has 0 aromatic heterocycles. The Bertz CT molecular complexity index is 661. The topological polar surface area (TPSA) is 21.3 Å². The fraction of sp³-hybridized carbons (Fsp3) is 0.250. The van der Waals surface area contributed by atoms with Crippen LogP contribution in [-0.4, -0.2) is 7.11 Å². The molecule has 0 aliphatic heterocycles. The summed E-state index contributed by atoms with van der Waals surface area (Å²) in [7, 11) is 1.49. The minimum Gasteiger partial charge on any atom is -0.497 e. The summed E-state index contributed by atoms with van der Waals surface area (Å²) in [6.07, 6.45) is 0. The Morgan fingerprint density at radius 3 is 2.48 bits per heavy atom. The molecule has 0 saturated heterocycles. The molecule has 2 nitrogen and oxygen atoms in total. The number of hydrogen-bond donors (Lipinski definition) is 1. The second-order valence-corrected chi connectivity index (χ2v) is 5.69. The van der Waals surface area contributed by atoms with E-state index in [-0.39, 0.29) is 17.7 Å². The molecule has 0 aliphatic carbocycles. The van der Waals surface area contributed by atoms with Gasteiger partial charge in [0.2, 0.25) is 0 Å². The van der Waals surface area contributed by atoms with Gasteiger partial charge in [-0.3, -0.25) is 0 Å². The molecule has 0 heterocycles. The molecule has 5 heteroatoms. The highest BCUT2D eigenvalue weighted by Crippen LogP contribution is 2.29. The van der Waals surface area contributed by atoms with Crippen molar-refractivity contribution in [3.63, 3.8) is 0 Å². The van der Waals surface area contributed by atoms with Gasteiger partial charge in [0.05, 0.1) is 17.6 Å². The SMILES string of the molecule is COc1ccc(C(C)Nc2cc(F)c(Br)cc2C)c(F)c1. The first kappa shape index (κ1) is 15.8. The lowest BCUT2D eigenvalue weighted by Crippen LogP contribution is -2.10. The van der Waals surface area contributed by atoms with Crippen LogP contribution in [-0.2, 0) is 0 Å². The summed E-state index contributed by atoms with van der Waals surface area (Å²) in [6.45, 7) is 3.69. The molecular weight excluding hydrogens is 340 g/mol. The molecule has 0 fully saturated rings. The molecule has 2 aromatic carbocycles. The average Bonchev–Trinajstić information content (AvgIpc) is 2.44. The van der Waals surface area contributed by atoms with Gasteiger partial charge < -0.3 is 10.1 Å². The Kier molecular flexibility index (Phi) is 4.83. The molecule has 0 bridgehead atoms. The number of benzene rings is 2. The molecule has 1 atom stereocenters. The van der Waals surface area contributed by atoms with Crippen molar-refractivity contribution in [1.82, 2.24) is 0 Å². The number of aryl methyl sites for hydroxylation is 1. The summed E-state index contributed by atoms with van der Waals surface area (Å²) in [5, 5.41) is 3.13. The van der Waals surface area contributed by atoms with Gasteiger partial charge >= 0.3 is 0 Å². The average molecular weight is 356 g/mol. The molecule has 112 valence electrons. The Morgan fingerprint density at radius 2 is 1.86 bits per heavy atom. The van der Waals surface area contributed by atoms with Crippen LogP contribution >= 0.6 is 15.9 Å². The van der Waals surface area contributed by atoms with Gasteiger partial charge in [-0.15, -0.1) is 0 Å². The maximum Gasteiger partial charge on any atom is 0.139 e. The van der Waals surface area contributed by atoms with Gasteiger partial charge in [0.25, 0.3) is 0 Å². The standard InChI is InChI=1S/C16H16BrF2NO/c1-9-6-13(17)15(19)8-16(9)20-10(2)12-5-4-11(21-3)7-14(12)18/h4-8,10,20H,1-3H3. The number of halogens is 3. The molecule has 0 radical (unpaired) electrons. The molecule has 2 aromatic rings. The monoisotopic (exact) mass is 355 g/mol. The van der Waals surface area contributed by atoms with E-state index in [2.05, 4.69) is 21.2 Å². The predicted octanol–water partition coefficient (Wildman–Crippen LogP) is 5.22. The van der Waals surface area contributed by atoms with Crippen molar-refractivity contribution in [2.45, 2.75) is 19.9 Å². The van der Waals surface area contributed by atoms with Crippen molar-refractivity contribution >= 4 is 21.6 Å². The zero-order valence-corrected chi connectivity index (χ0v) is 13.6. The Labute approximate surface area is 131 Å². The normalized spacial score (nSPS) is 12.1. The molecule has 0 aliphatic rings. The number of nitrogens with one attached hydrogen (secondary N) is 1. The quantitative estimate of drug-likeness (QED) is 0.811. The Hall–Kier alpha value is -1.62. The van der Waals surface area contributed by atoms with Crippen LogP contribution in [0.4, 0.5) is 14.5 Å². The van der Waals surface area contributed by atoms with Gasteiger partial charge in [-0.1, -0.05) is 6.07 Å². The first-order valence-corrected chi connectivity index (χ1v) is 7.27. The van der Waals surface area contributed by atoms with Gasteiger partial charge in [0, 0.05) is 17.3 Å². The van der Waals surface area contributed by atoms with Crippen molar-refractivity contribution in [2.75, 3.05) is 12.4 Å². The number of rotatable bonds is 4. The molecule has 21 heavy (non-hydrogen) atoms. The van der Waals surface area contributed by atoms with Crippen LogP contribution in [0.1, 0.15) is 24.1 Å². The van der Waals surface area contributed by atoms with Crippen LogP contribution < -0.4 is 10.1 Å². The Balaban J connectivity index is 2.26.